The Balaban J connectivity index is 0. The summed E-state index contributed by atoms with van der Waals surface area (Å²) in [4.78, 5) is 9.64. The first-order valence-electron chi connectivity index (χ1n) is 1.41. The number of carbonyl (C=O) groups is 1. The summed E-state index contributed by atoms with van der Waals surface area (Å²) in [6.45, 7) is 1.01. The third-order valence-electron chi connectivity index (χ3n) is 0.185. The van der Waals surface area contributed by atoms with Crippen molar-refractivity contribution in [2.75, 3.05) is 0 Å². The van der Waals surface area contributed by atoms with Crippen molar-refractivity contribution < 1.29 is 47.3 Å². The van der Waals surface area contributed by atoms with Crippen molar-refractivity contribution in [1.82, 2.24) is 0 Å². The van der Waals surface area contributed by atoms with Crippen molar-refractivity contribution in [2.45, 2.75) is 6.92 Å². The largest absolute Gasteiger partial charge is 1.00 e. The normalized spacial score (nSPS) is 11.2. The van der Waals surface area contributed by atoms with E-state index >= 15 is 0 Å². The van der Waals surface area contributed by atoms with Crippen molar-refractivity contribution in [2.24, 2.45) is 0 Å². The maximum Gasteiger partial charge on any atom is 1.00 e. The van der Waals surface area contributed by atoms with Crippen LogP contribution >= 0.6 is 0 Å². The van der Waals surface area contributed by atoms with Crippen LogP contribution in [0, 0.1) is 0 Å². The zero-order valence-corrected chi connectivity index (χ0v) is 7.36. The Morgan fingerprint density at radius 3 is 2.12 bits per heavy atom. The zero-order chi connectivity index (χ0) is 5.86. The van der Waals surface area contributed by atoms with E-state index in [1.807, 2.05) is 0 Å². The van der Waals surface area contributed by atoms with E-state index in [2.05, 4.69) is 4.18 Å². The summed E-state index contributed by atoms with van der Waals surface area (Å²) in [7, 11) is 0. The minimum atomic E-state index is -2.70. The number of carbonyl (C=O) groups excluding carboxylic acids is 1. The smallest absolute Gasteiger partial charge is 0.740 e. The van der Waals surface area contributed by atoms with Crippen LogP contribution in [0.15, 0.2) is 0 Å². The van der Waals surface area contributed by atoms with Gasteiger partial charge in [0, 0.05) is 6.92 Å². The number of hydrogen-bond acceptors (Lipinski definition) is 4. The number of hydrogen-bond donors (Lipinski definition) is 0. The third-order valence-corrected chi connectivity index (χ3v) is 0.556. The molecular weight excluding hydrogens is 143 g/mol. The molecule has 0 aliphatic carbocycles. The van der Waals surface area contributed by atoms with E-state index in [1.54, 1.807) is 0 Å². The minimum Gasteiger partial charge on any atom is -0.740 e. The molecule has 0 aliphatic heterocycles. The Morgan fingerprint density at radius 1 is 1.75 bits per heavy atom. The van der Waals surface area contributed by atoms with Gasteiger partial charge in [-0.15, -0.1) is 0 Å². The molecule has 0 fully saturated rings. The van der Waals surface area contributed by atoms with Crippen molar-refractivity contribution in [1.29, 1.82) is 0 Å². The molecule has 0 rings (SSSR count). The second-order valence-corrected chi connectivity index (χ2v) is 1.35. The van der Waals surface area contributed by atoms with E-state index in [1.165, 1.54) is 0 Å². The molecule has 0 aromatic carbocycles. The van der Waals surface area contributed by atoms with Crippen LogP contribution in [0.4, 0.5) is 0 Å². The van der Waals surface area contributed by atoms with E-state index in [9.17, 15) is 13.6 Å². The second kappa shape index (κ2) is 5.71. The van der Waals surface area contributed by atoms with E-state index in [4.69, 9.17) is 0 Å². The van der Waals surface area contributed by atoms with Gasteiger partial charge in [-0.1, -0.05) is 0 Å². The van der Waals surface area contributed by atoms with E-state index in [0.717, 1.165) is 6.92 Å². The van der Waals surface area contributed by atoms with Gasteiger partial charge in [-0.3, -0.25) is 4.79 Å². The molecule has 0 aromatic rings. The second-order valence-electron chi connectivity index (χ2n) is 0.779. The first-order chi connectivity index (χ1) is 3.13. The first kappa shape index (κ1) is 11.4. The van der Waals surface area contributed by atoms with Crippen LogP contribution < -0.4 is 29.6 Å². The van der Waals surface area contributed by atoms with Gasteiger partial charge in [0.05, 0.1) is 0 Å². The van der Waals surface area contributed by atoms with Crippen LogP contribution in [0.5, 0.6) is 0 Å². The van der Waals surface area contributed by atoms with Crippen molar-refractivity contribution in [3.8, 4) is 0 Å². The quantitative estimate of drug-likeness (QED) is 0.282. The topological polar surface area (TPSA) is 66.4 Å². The van der Waals surface area contributed by atoms with Gasteiger partial charge in [0.2, 0.25) is 0 Å². The summed E-state index contributed by atoms with van der Waals surface area (Å²) in [6, 6.07) is 0. The Kier molecular flexibility index (Phi) is 8.13. The molecule has 1 unspecified atom stereocenters. The Bertz CT molecular complexity index is 90.2. The van der Waals surface area contributed by atoms with Gasteiger partial charge < -0.3 is 8.74 Å². The summed E-state index contributed by atoms with van der Waals surface area (Å²) in [5.41, 5.74) is 0. The van der Waals surface area contributed by atoms with E-state index in [0.29, 0.717) is 0 Å². The SMILES string of the molecule is CC(=O)OS(=O)[O-].[Na+]. The summed E-state index contributed by atoms with van der Waals surface area (Å²) >= 11 is -2.70. The summed E-state index contributed by atoms with van der Waals surface area (Å²) in [6.07, 6.45) is 0. The summed E-state index contributed by atoms with van der Waals surface area (Å²) < 4.78 is 22.3. The predicted molar refractivity (Wildman–Crippen MR) is 20.7 cm³/mol. The van der Waals surface area contributed by atoms with Gasteiger partial charge in [-0.2, -0.15) is 0 Å². The molecular formula is C2H3NaO4S. The molecule has 0 saturated carbocycles. The minimum absolute atomic E-state index is 0. The van der Waals surface area contributed by atoms with Gasteiger partial charge in [0.25, 0.3) is 0 Å². The van der Waals surface area contributed by atoms with Gasteiger partial charge >= 0.3 is 35.5 Å². The van der Waals surface area contributed by atoms with Crippen LogP contribution in [-0.4, -0.2) is 14.7 Å². The van der Waals surface area contributed by atoms with E-state index in [-0.39, 0.29) is 29.6 Å². The molecule has 0 N–H and O–H groups in total. The monoisotopic (exact) mass is 146 g/mol. The molecule has 0 aromatic heterocycles. The van der Waals surface area contributed by atoms with Gasteiger partial charge in [-0.05, 0) is 0 Å². The number of rotatable bonds is 1. The Hall–Kier alpha value is 0.580. The maximum absolute atomic E-state index is 9.64. The average molecular weight is 146 g/mol. The fraction of sp³-hybridized carbons (Fsp3) is 0.500. The molecule has 0 aliphatic rings. The van der Waals surface area contributed by atoms with Gasteiger partial charge in [-0.25, -0.2) is 4.21 Å². The van der Waals surface area contributed by atoms with Crippen molar-refractivity contribution >= 4 is 17.3 Å². The molecule has 42 valence electrons. The maximum atomic E-state index is 9.64. The third kappa shape index (κ3) is 9.77. The molecule has 0 saturated heterocycles. The molecule has 0 heterocycles. The van der Waals surface area contributed by atoms with Gasteiger partial charge in [0.15, 0.2) is 0 Å². The van der Waals surface area contributed by atoms with Crippen LogP contribution in [-0.2, 0) is 20.3 Å². The van der Waals surface area contributed by atoms with Crippen LogP contribution in [0.3, 0.4) is 0 Å². The fourth-order valence-corrected chi connectivity index (χ4v) is 0.287. The molecule has 0 amide bonds. The molecule has 1 atom stereocenters. The average Bonchev–Trinajstić information content (AvgIpc) is 1.27. The van der Waals surface area contributed by atoms with Crippen molar-refractivity contribution in [3.05, 3.63) is 0 Å². The molecule has 0 bridgehead atoms. The van der Waals surface area contributed by atoms with Crippen molar-refractivity contribution in [3.63, 3.8) is 0 Å². The molecule has 6 heteroatoms. The van der Waals surface area contributed by atoms with E-state index < -0.39 is 17.3 Å². The molecule has 8 heavy (non-hydrogen) atoms. The van der Waals surface area contributed by atoms with Crippen LogP contribution in [0.2, 0.25) is 0 Å². The zero-order valence-electron chi connectivity index (χ0n) is 4.54. The van der Waals surface area contributed by atoms with Gasteiger partial charge in [0.1, 0.15) is 11.4 Å². The Morgan fingerprint density at radius 2 is 2.12 bits per heavy atom. The molecule has 4 nitrogen and oxygen atoms in total. The summed E-state index contributed by atoms with van der Waals surface area (Å²) in [5.74, 6) is -0.826. The summed E-state index contributed by atoms with van der Waals surface area (Å²) in [5, 5.41) is 0. The Labute approximate surface area is 71.4 Å². The van der Waals surface area contributed by atoms with Crippen LogP contribution in [0.1, 0.15) is 6.92 Å². The molecule has 0 spiro atoms. The predicted octanol–water partition coefficient (Wildman–Crippen LogP) is -3.65. The first-order valence-corrected chi connectivity index (χ1v) is 2.41. The standard InChI is InChI=1S/C2H4O4S.Na/c1-2(3)6-7(4)5;/h1H3,(H,4,5);/q;+1/p-1. The fourth-order valence-electron chi connectivity index (χ4n) is 0.0958. The molecule has 0 radical (unpaired) electrons. The van der Waals surface area contributed by atoms with Crippen LogP contribution in [0.25, 0.3) is 0 Å².